The first kappa shape index (κ1) is 17.1. The van der Waals surface area contributed by atoms with Gasteiger partial charge in [-0.3, -0.25) is 0 Å². The van der Waals surface area contributed by atoms with Gasteiger partial charge in [0.05, 0.1) is 0 Å². The highest BCUT2D eigenvalue weighted by molar-refractivity contribution is 6.02. The van der Waals surface area contributed by atoms with Crippen LogP contribution in [0.5, 0.6) is 23.0 Å². The van der Waals surface area contributed by atoms with Gasteiger partial charge in [0.1, 0.15) is 0 Å². The van der Waals surface area contributed by atoms with E-state index in [1.54, 1.807) is 18.2 Å². The number of phenolic OH excluding ortho intramolecular Hbond substituents is 2. The Morgan fingerprint density at radius 2 is 1.29 bits per heavy atom. The predicted molar refractivity (Wildman–Crippen MR) is 88.2 cm³/mol. The lowest BCUT2D eigenvalue weighted by Crippen LogP contribution is -2.13. The largest absolute Gasteiger partial charge is 0.504 e. The molecule has 0 spiro atoms. The Morgan fingerprint density at radius 3 is 1.79 bits per heavy atom. The average Bonchev–Trinajstić information content (AvgIpc) is 2.55. The van der Waals surface area contributed by atoms with Gasteiger partial charge in [-0.1, -0.05) is 37.4 Å². The molecule has 0 aliphatic carbocycles. The Bertz CT molecular complexity index is 879. The minimum absolute atomic E-state index is 0.0687. The van der Waals surface area contributed by atoms with Crippen LogP contribution in [-0.2, 0) is 9.59 Å². The number of aromatic hydroxyl groups is 2. The molecule has 2 aromatic carbocycles. The molecule has 2 aromatic rings. The molecular formula is C18H16O6. The van der Waals surface area contributed by atoms with Crippen molar-refractivity contribution in [3.63, 3.8) is 0 Å². The summed E-state index contributed by atoms with van der Waals surface area (Å²) in [6, 6.07) is 6.34. The van der Waals surface area contributed by atoms with Crippen molar-refractivity contribution in [2.75, 3.05) is 0 Å². The van der Waals surface area contributed by atoms with Gasteiger partial charge in [-0.15, -0.1) is 0 Å². The molecule has 0 amide bonds. The Kier molecular flexibility index (Phi) is 4.59. The van der Waals surface area contributed by atoms with Crippen molar-refractivity contribution in [1.29, 1.82) is 0 Å². The quantitative estimate of drug-likeness (QED) is 0.387. The summed E-state index contributed by atoms with van der Waals surface area (Å²) in [6.45, 7) is 9.79. The third-order valence-electron chi connectivity index (χ3n) is 3.16. The third-order valence-corrected chi connectivity index (χ3v) is 3.16. The van der Waals surface area contributed by atoms with Crippen LogP contribution >= 0.6 is 0 Å². The maximum atomic E-state index is 11.9. The molecule has 0 saturated heterocycles. The van der Waals surface area contributed by atoms with Crippen LogP contribution in [0.25, 0.3) is 10.8 Å². The smallest absolute Gasteiger partial charge is 0.338 e. The molecule has 2 N–H and O–H groups in total. The Hall–Kier alpha value is -3.28. The number of ether oxygens (including phenoxy) is 2. The van der Waals surface area contributed by atoms with Crippen molar-refractivity contribution in [3.05, 3.63) is 48.6 Å². The summed E-state index contributed by atoms with van der Waals surface area (Å²) in [5.74, 6) is -3.47. The molecule has 0 fully saturated rings. The number of benzene rings is 2. The van der Waals surface area contributed by atoms with Crippen LogP contribution in [0.3, 0.4) is 0 Å². The van der Waals surface area contributed by atoms with Crippen molar-refractivity contribution >= 4 is 22.7 Å². The molecule has 0 atom stereocenters. The maximum absolute atomic E-state index is 11.9. The van der Waals surface area contributed by atoms with Gasteiger partial charge in [0, 0.05) is 21.9 Å². The van der Waals surface area contributed by atoms with E-state index < -0.39 is 29.2 Å². The number of esters is 2. The van der Waals surface area contributed by atoms with E-state index in [1.807, 2.05) is 0 Å². The average molecular weight is 328 g/mol. The van der Waals surface area contributed by atoms with Gasteiger partial charge in [0.15, 0.2) is 11.5 Å². The highest BCUT2D eigenvalue weighted by Gasteiger charge is 2.25. The van der Waals surface area contributed by atoms with Crippen molar-refractivity contribution in [1.82, 2.24) is 0 Å². The van der Waals surface area contributed by atoms with Crippen molar-refractivity contribution in [2.45, 2.75) is 13.8 Å². The number of carbonyl (C=O) groups excluding carboxylic acids is 2. The zero-order chi connectivity index (χ0) is 18.0. The maximum Gasteiger partial charge on any atom is 0.338 e. The number of rotatable bonds is 4. The molecule has 24 heavy (non-hydrogen) atoms. The van der Waals surface area contributed by atoms with E-state index in [4.69, 9.17) is 9.47 Å². The van der Waals surface area contributed by atoms with Crippen LogP contribution in [0.2, 0.25) is 0 Å². The second-order valence-electron chi connectivity index (χ2n) is 5.24. The fraction of sp³-hybridized carbons (Fsp3) is 0.111. The molecule has 0 aliphatic heterocycles. The molecule has 0 aromatic heterocycles. The first-order valence-corrected chi connectivity index (χ1v) is 6.96. The summed E-state index contributed by atoms with van der Waals surface area (Å²) in [4.78, 5) is 23.7. The molecule has 0 heterocycles. The lowest BCUT2D eigenvalue weighted by Gasteiger charge is -2.16. The highest BCUT2D eigenvalue weighted by Crippen LogP contribution is 2.50. The Labute approximate surface area is 138 Å². The minimum atomic E-state index is -0.840. The van der Waals surface area contributed by atoms with Crippen molar-refractivity contribution in [2.24, 2.45) is 0 Å². The number of hydrogen-bond acceptors (Lipinski definition) is 6. The number of carbonyl (C=O) groups is 2. The summed E-state index contributed by atoms with van der Waals surface area (Å²) < 4.78 is 10.3. The highest BCUT2D eigenvalue weighted by atomic mass is 16.6. The lowest BCUT2D eigenvalue weighted by atomic mass is 10.1. The second kappa shape index (κ2) is 6.45. The Balaban J connectivity index is 2.75. The van der Waals surface area contributed by atoms with Crippen LogP contribution < -0.4 is 9.47 Å². The van der Waals surface area contributed by atoms with Gasteiger partial charge in [-0.2, -0.15) is 0 Å². The van der Waals surface area contributed by atoms with Gasteiger partial charge in [-0.05, 0) is 13.8 Å². The van der Waals surface area contributed by atoms with E-state index in [9.17, 15) is 19.8 Å². The van der Waals surface area contributed by atoms with Gasteiger partial charge in [0.2, 0.25) is 11.5 Å². The molecule has 0 radical (unpaired) electrons. The SMILES string of the molecule is C=C(C)C(=O)Oc1c(O)c(O)c2ccccc2c1OC(=O)C(=C)C. The number of phenols is 2. The summed E-state index contributed by atoms with van der Waals surface area (Å²) in [7, 11) is 0. The standard InChI is InChI=1S/C18H16O6/c1-9(2)17(21)23-15-12-8-6-5-7-11(12)13(19)14(20)16(15)24-18(22)10(3)4/h5-8,19-20H,1,3H2,2,4H3. The minimum Gasteiger partial charge on any atom is -0.504 e. The van der Waals surface area contributed by atoms with Crippen LogP contribution in [-0.4, -0.2) is 22.2 Å². The molecule has 124 valence electrons. The molecule has 0 unspecified atom stereocenters. The van der Waals surface area contributed by atoms with E-state index in [0.29, 0.717) is 0 Å². The van der Waals surface area contributed by atoms with E-state index >= 15 is 0 Å². The van der Waals surface area contributed by atoms with Gasteiger partial charge in [0.25, 0.3) is 0 Å². The molecule has 2 rings (SSSR count). The molecular weight excluding hydrogens is 312 g/mol. The predicted octanol–water partition coefficient (Wildman–Crippen LogP) is 3.21. The van der Waals surface area contributed by atoms with E-state index in [2.05, 4.69) is 13.2 Å². The van der Waals surface area contributed by atoms with E-state index in [1.165, 1.54) is 19.9 Å². The fourth-order valence-corrected chi connectivity index (χ4v) is 1.91. The fourth-order valence-electron chi connectivity index (χ4n) is 1.91. The van der Waals surface area contributed by atoms with Gasteiger partial charge in [-0.25, -0.2) is 9.59 Å². The molecule has 6 nitrogen and oxygen atoms in total. The topological polar surface area (TPSA) is 93.1 Å². The monoisotopic (exact) mass is 328 g/mol. The first-order valence-electron chi connectivity index (χ1n) is 6.96. The van der Waals surface area contributed by atoms with Crippen molar-refractivity contribution < 1.29 is 29.3 Å². The summed E-state index contributed by atoms with van der Waals surface area (Å²) in [6.07, 6.45) is 0. The van der Waals surface area contributed by atoms with Gasteiger partial charge < -0.3 is 19.7 Å². The van der Waals surface area contributed by atoms with E-state index in [0.717, 1.165) is 0 Å². The third kappa shape index (κ3) is 3.08. The summed E-state index contributed by atoms with van der Waals surface area (Å²) in [5, 5.41) is 20.8. The lowest BCUT2D eigenvalue weighted by molar-refractivity contribution is -0.132. The van der Waals surface area contributed by atoms with Crippen LogP contribution in [0.1, 0.15) is 13.8 Å². The molecule has 6 heteroatoms. The first-order chi connectivity index (χ1) is 11.2. The molecule has 0 bridgehead atoms. The van der Waals surface area contributed by atoms with Crippen molar-refractivity contribution in [3.8, 4) is 23.0 Å². The zero-order valence-corrected chi connectivity index (χ0v) is 13.3. The molecule has 0 saturated carbocycles. The number of fused-ring (bicyclic) bond motifs is 1. The van der Waals surface area contributed by atoms with Crippen LogP contribution in [0, 0.1) is 0 Å². The summed E-state index contributed by atoms with van der Waals surface area (Å²) in [5.41, 5.74) is 0.183. The van der Waals surface area contributed by atoms with Crippen LogP contribution in [0.4, 0.5) is 0 Å². The van der Waals surface area contributed by atoms with Gasteiger partial charge >= 0.3 is 11.9 Å². The number of hydrogen-bond donors (Lipinski definition) is 2. The normalized spacial score (nSPS) is 10.2. The molecule has 0 aliphatic rings. The zero-order valence-electron chi connectivity index (χ0n) is 13.3. The second-order valence-corrected chi connectivity index (χ2v) is 5.24. The summed E-state index contributed by atoms with van der Waals surface area (Å²) >= 11 is 0. The Morgan fingerprint density at radius 1 is 0.833 bits per heavy atom. The van der Waals surface area contributed by atoms with E-state index in [-0.39, 0.29) is 27.7 Å². The van der Waals surface area contributed by atoms with Crippen LogP contribution in [0.15, 0.2) is 48.6 Å².